The molecule has 0 radical (unpaired) electrons. The molecule has 2 amide bonds. The van der Waals surface area contributed by atoms with Crippen molar-refractivity contribution in [3.8, 4) is 11.6 Å². The molecule has 0 fully saturated rings. The molecule has 148 valence electrons. The van der Waals surface area contributed by atoms with Gasteiger partial charge in [-0.25, -0.2) is 9.78 Å². The number of carbonyl (C=O) groups excluding carboxylic acids is 2. The highest BCUT2D eigenvalue weighted by Crippen LogP contribution is 2.21. The van der Waals surface area contributed by atoms with Crippen LogP contribution in [0.5, 0.6) is 11.6 Å². The minimum Gasteiger partial charge on any atom is -0.453 e. The Bertz CT molecular complexity index is 974. The van der Waals surface area contributed by atoms with Gasteiger partial charge in [0, 0.05) is 29.0 Å². The Labute approximate surface area is 176 Å². The second-order valence-corrected chi connectivity index (χ2v) is 6.85. The first-order valence-corrected chi connectivity index (χ1v) is 9.44. The highest BCUT2D eigenvalue weighted by molar-refractivity contribution is 9.10. The number of nitrogens with one attached hydrogen (secondary N) is 2. The predicted octanol–water partition coefficient (Wildman–Crippen LogP) is 4.74. The van der Waals surface area contributed by atoms with Crippen LogP contribution in [-0.2, 0) is 11.3 Å². The predicted molar refractivity (Wildman–Crippen MR) is 112 cm³/mol. The van der Waals surface area contributed by atoms with Crippen LogP contribution in [0.1, 0.15) is 15.9 Å². The van der Waals surface area contributed by atoms with Crippen molar-refractivity contribution in [1.82, 2.24) is 10.3 Å². The molecule has 0 atom stereocenters. The normalized spacial score (nSPS) is 10.1. The zero-order chi connectivity index (χ0) is 20.6. The van der Waals surface area contributed by atoms with Gasteiger partial charge in [0.25, 0.3) is 5.91 Å². The third kappa shape index (κ3) is 6.05. The summed E-state index contributed by atoms with van der Waals surface area (Å²) in [4.78, 5) is 27.6. The number of pyridine rings is 1. The molecule has 3 aromatic rings. The number of hydrogen-bond donors (Lipinski definition) is 2. The summed E-state index contributed by atoms with van der Waals surface area (Å²) in [6.45, 7) is 0.342. The van der Waals surface area contributed by atoms with E-state index in [1.807, 2.05) is 24.3 Å². The second kappa shape index (κ2) is 9.70. The van der Waals surface area contributed by atoms with Crippen LogP contribution in [0.25, 0.3) is 0 Å². The van der Waals surface area contributed by atoms with E-state index in [9.17, 15) is 9.59 Å². The van der Waals surface area contributed by atoms with Crippen molar-refractivity contribution in [2.75, 3.05) is 12.4 Å². The quantitative estimate of drug-likeness (QED) is 0.559. The maximum Gasteiger partial charge on any atom is 0.411 e. The molecule has 0 unspecified atom stereocenters. The Morgan fingerprint density at radius 3 is 2.34 bits per heavy atom. The van der Waals surface area contributed by atoms with E-state index in [0.717, 1.165) is 10.0 Å². The van der Waals surface area contributed by atoms with Crippen molar-refractivity contribution >= 4 is 33.6 Å². The van der Waals surface area contributed by atoms with Crippen LogP contribution in [0, 0.1) is 0 Å². The number of anilines is 1. The largest absolute Gasteiger partial charge is 0.453 e. The zero-order valence-corrected chi connectivity index (χ0v) is 17.1. The highest BCUT2D eigenvalue weighted by atomic mass is 79.9. The lowest BCUT2D eigenvalue weighted by Crippen LogP contribution is -2.22. The van der Waals surface area contributed by atoms with Crippen LogP contribution in [0.2, 0.25) is 0 Å². The number of rotatable bonds is 6. The van der Waals surface area contributed by atoms with E-state index < -0.39 is 6.09 Å². The molecule has 0 spiro atoms. The summed E-state index contributed by atoms with van der Waals surface area (Å²) in [7, 11) is 1.30. The van der Waals surface area contributed by atoms with Gasteiger partial charge < -0.3 is 14.8 Å². The number of ether oxygens (including phenoxy) is 2. The molecule has 0 bridgehead atoms. The fraction of sp³-hybridized carbons (Fsp3) is 0.0952. The van der Waals surface area contributed by atoms with Crippen LogP contribution in [0.4, 0.5) is 10.5 Å². The number of aromatic nitrogens is 1. The van der Waals surface area contributed by atoms with Crippen molar-refractivity contribution in [2.45, 2.75) is 6.54 Å². The summed E-state index contributed by atoms with van der Waals surface area (Å²) < 4.78 is 11.1. The van der Waals surface area contributed by atoms with E-state index in [4.69, 9.17) is 4.74 Å². The first-order valence-electron chi connectivity index (χ1n) is 8.65. The molecule has 0 aliphatic carbocycles. The van der Waals surface area contributed by atoms with Crippen molar-refractivity contribution in [2.24, 2.45) is 0 Å². The molecule has 3 rings (SSSR count). The fourth-order valence-electron chi connectivity index (χ4n) is 2.36. The van der Waals surface area contributed by atoms with E-state index in [-0.39, 0.29) is 5.91 Å². The molecule has 8 heteroatoms. The molecule has 1 heterocycles. The van der Waals surface area contributed by atoms with Gasteiger partial charge in [-0.3, -0.25) is 10.1 Å². The third-order valence-corrected chi connectivity index (χ3v) is 4.40. The fourth-order valence-corrected chi connectivity index (χ4v) is 2.62. The van der Waals surface area contributed by atoms with Crippen LogP contribution >= 0.6 is 15.9 Å². The van der Waals surface area contributed by atoms with Gasteiger partial charge in [-0.15, -0.1) is 0 Å². The summed E-state index contributed by atoms with van der Waals surface area (Å²) in [6, 6.07) is 17.7. The molecule has 2 aromatic carbocycles. The van der Waals surface area contributed by atoms with Crippen LogP contribution in [-0.4, -0.2) is 24.1 Å². The monoisotopic (exact) mass is 455 g/mol. The molecule has 0 aliphatic heterocycles. The van der Waals surface area contributed by atoms with Gasteiger partial charge in [0.05, 0.1) is 12.7 Å². The van der Waals surface area contributed by atoms with Gasteiger partial charge in [-0.1, -0.05) is 28.1 Å². The molecule has 29 heavy (non-hydrogen) atoms. The van der Waals surface area contributed by atoms with Gasteiger partial charge in [-0.05, 0) is 48.0 Å². The number of carbonyl (C=O) groups is 2. The standard InChI is InChI=1S/C21H18BrN3O4/c1-28-21(27)25-17-7-2-14(3-8-17)12-24-20(26)15-4-11-19(23-13-15)29-18-9-5-16(22)6-10-18/h2-11,13H,12H2,1H3,(H,24,26)(H,25,27). The zero-order valence-electron chi connectivity index (χ0n) is 15.5. The topological polar surface area (TPSA) is 89.6 Å². The van der Waals surface area contributed by atoms with Crippen LogP contribution in [0.15, 0.2) is 71.3 Å². The van der Waals surface area contributed by atoms with Crippen molar-refractivity contribution in [3.63, 3.8) is 0 Å². The van der Waals surface area contributed by atoms with E-state index in [0.29, 0.717) is 29.4 Å². The van der Waals surface area contributed by atoms with Gasteiger partial charge >= 0.3 is 6.09 Å². The van der Waals surface area contributed by atoms with Gasteiger partial charge in [0.1, 0.15) is 5.75 Å². The maximum atomic E-state index is 12.3. The molecule has 0 saturated heterocycles. The smallest absolute Gasteiger partial charge is 0.411 e. The summed E-state index contributed by atoms with van der Waals surface area (Å²) >= 11 is 3.37. The Kier molecular flexibility index (Phi) is 6.80. The molecule has 7 nitrogen and oxygen atoms in total. The number of nitrogens with zero attached hydrogens (tertiary/aromatic N) is 1. The molecule has 1 aromatic heterocycles. The second-order valence-electron chi connectivity index (χ2n) is 5.94. The van der Waals surface area contributed by atoms with Crippen LogP contribution in [0.3, 0.4) is 0 Å². The van der Waals surface area contributed by atoms with Gasteiger partial charge in [0.15, 0.2) is 0 Å². The Morgan fingerprint density at radius 1 is 1.00 bits per heavy atom. The number of benzene rings is 2. The third-order valence-electron chi connectivity index (χ3n) is 3.87. The Balaban J connectivity index is 1.52. The van der Waals surface area contributed by atoms with Crippen molar-refractivity contribution < 1.29 is 19.1 Å². The van der Waals surface area contributed by atoms with Crippen molar-refractivity contribution in [1.29, 1.82) is 0 Å². The molecular weight excluding hydrogens is 438 g/mol. The first kappa shape index (κ1) is 20.3. The first-order chi connectivity index (χ1) is 14.0. The SMILES string of the molecule is COC(=O)Nc1ccc(CNC(=O)c2ccc(Oc3ccc(Br)cc3)nc2)cc1. The average molecular weight is 456 g/mol. The highest BCUT2D eigenvalue weighted by Gasteiger charge is 2.07. The Hall–Kier alpha value is -3.39. The van der Waals surface area contributed by atoms with Gasteiger partial charge in [-0.2, -0.15) is 0 Å². The summed E-state index contributed by atoms with van der Waals surface area (Å²) in [5.41, 5.74) is 1.92. The minimum atomic E-state index is -0.536. The maximum absolute atomic E-state index is 12.3. The number of halogens is 1. The molecule has 0 aliphatic rings. The molecule has 0 saturated carbocycles. The minimum absolute atomic E-state index is 0.246. The number of hydrogen-bond acceptors (Lipinski definition) is 5. The molecular formula is C21H18BrN3O4. The summed E-state index contributed by atoms with van der Waals surface area (Å²) in [6.07, 6.45) is 0.929. The van der Waals surface area contributed by atoms with E-state index in [2.05, 4.69) is 36.3 Å². The average Bonchev–Trinajstić information content (AvgIpc) is 2.75. The summed E-state index contributed by atoms with van der Waals surface area (Å²) in [5, 5.41) is 5.39. The van der Waals surface area contributed by atoms with E-state index in [1.54, 1.807) is 36.4 Å². The lowest BCUT2D eigenvalue weighted by molar-refractivity contribution is 0.0950. The lowest BCUT2D eigenvalue weighted by atomic mass is 10.2. The van der Waals surface area contributed by atoms with E-state index >= 15 is 0 Å². The number of amides is 2. The number of methoxy groups -OCH3 is 1. The summed E-state index contributed by atoms with van der Waals surface area (Å²) in [5.74, 6) is 0.810. The van der Waals surface area contributed by atoms with Gasteiger partial charge in [0.2, 0.25) is 5.88 Å². The van der Waals surface area contributed by atoms with Crippen LogP contribution < -0.4 is 15.4 Å². The van der Waals surface area contributed by atoms with E-state index in [1.165, 1.54) is 13.3 Å². The lowest BCUT2D eigenvalue weighted by Gasteiger charge is -2.08. The van der Waals surface area contributed by atoms with Crippen molar-refractivity contribution in [3.05, 3.63) is 82.5 Å². The Morgan fingerprint density at radius 2 is 1.72 bits per heavy atom. The molecule has 2 N–H and O–H groups in total.